The molecule has 84 valence electrons. The van der Waals surface area contributed by atoms with Crippen LogP contribution >= 0.6 is 11.3 Å². The molecule has 0 aliphatic carbocycles. The van der Waals surface area contributed by atoms with Crippen molar-refractivity contribution in [2.75, 3.05) is 0 Å². The zero-order valence-electron chi connectivity index (χ0n) is 9.60. The second-order valence-electron chi connectivity index (χ2n) is 4.05. The highest BCUT2D eigenvalue weighted by atomic mass is 32.1. The summed E-state index contributed by atoms with van der Waals surface area (Å²) < 4.78 is 0. The first-order valence-electron chi connectivity index (χ1n) is 5.47. The van der Waals surface area contributed by atoms with E-state index in [0.29, 0.717) is 12.5 Å². The van der Waals surface area contributed by atoms with E-state index in [9.17, 15) is 0 Å². The molecule has 2 nitrogen and oxygen atoms in total. The molecular weight excluding hydrogens is 216 g/mol. The number of benzene rings is 1. The summed E-state index contributed by atoms with van der Waals surface area (Å²) in [7, 11) is 0. The van der Waals surface area contributed by atoms with Gasteiger partial charge in [0.2, 0.25) is 0 Å². The van der Waals surface area contributed by atoms with Gasteiger partial charge in [-0.2, -0.15) is 0 Å². The molecule has 0 bridgehead atoms. The van der Waals surface area contributed by atoms with E-state index in [0.717, 1.165) is 11.3 Å². The largest absolute Gasteiger partial charge is 0.326 e. The van der Waals surface area contributed by atoms with Crippen LogP contribution in [0.5, 0.6) is 0 Å². The predicted octanol–water partition coefficient (Wildman–Crippen LogP) is 3.39. The Balaban J connectivity index is 2.48. The molecule has 0 spiro atoms. The Morgan fingerprint density at radius 1 is 1.25 bits per heavy atom. The molecule has 1 aromatic heterocycles. The fourth-order valence-corrected chi connectivity index (χ4v) is 2.55. The lowest BCUT2D eigenvalue weighted by molar-refractivity contribution is 0.853. The third kappa shape index (κ3) is 2.15. The van der Waals surface area contributed by atoms with Crippen molar-refractivity contribution in [3.63, 3.8) is 0 Å². The van der Waals surface area contributed by atoms with Gasteiger partial charge in [0.15, 0.2) is 0 Å². The minimum absolute atomic E-state index is 0.466. The van der Waals surface area contributed by atoms with Crippen LogP contribution in [-0.2, 0) is 6.54 Å². The summed E-state index contributed by atoms with van der Waals surface area (Å²) in [5, 5.41) is 1.17. The third-order valence-corrected chi connectivity index (χ3v) is 3.82. The Kier molecular flexibility index (Phi) is 3.36. The van der Waals surface area contributed by atoms with Crippen LogP contribution in [0.3, 0.4) is 0 Å². The molecule has 0 unspecified atom stereocenters. The van der Waals surface area contributed by atoms with Gasteiger partial charge in [-0.25, -0.2) is 4.98 Å². The Morgan fingerprint density at radius 3 is 2.50 bits per heavy atom. The SMILES string of the molecule is CC(C)c1nc(-c2ccccc2)c(CN)s1. The fourth-order valence-electron chi connectivity index (χ4n) is 1.58. The van der Waals surface area contributed by atoms with Crippen LogP contribution in [0.2, 0.25) is 0 Å². The molecule has 1 aromatic carbocycles. The van der Waals surface area contributed by atoms with Crippen molar-refractivity contribution < 1.29 is 0 Å². The normalized spacial score (nSPS) is 11.0. The van der Waals surface area contributed by atoms with E-state index in [1.54, 1.807) is 11.3 Å². The molecule has 3 heteroatoms. The Labute approximate surface area is 100 Å². The molecule has 0 fully saturated rings. The van der Waals surface area contributed by atoms with Crippen LogP contribution in [0.1, 0.15) is 29.7 Å². The summed E-state index contributed by atoms with van der Waals surface area (Å²) in [6, 6.07) is 10.2. The zero-order valence-corrected chi connectivity index (χ0v) is 10.4. The van der Waals surface area contributed by atoms with Gasteiger partial charge < -0.3 is 5.73 Å². The lowest BCUT2D eigenvalue weighted by Gasteiger charge is -1.99. The Hall–Kier alpha value is -1.19. The maximum atomic E-state index is 5.77. The molecular formula is C13H16N2S. The maximum absolute atomic E-state index is 5.77. The maximum Gasteiger partial charge on any atom is 0.0961 e. The molecule has 0 aliphatic rings. The second-order valence-corrected chi connectivity index (χ2v) is 5.16. The third-order valence-electron chi connectivity index (χ3n) is 2.44. The first-order chi connectivity index (χ1) is 7.72. The van der Waals surface area contributed by atoms with E-state index in [1.807, 2.05) is 18.2 Å². The lowest BCUT2D eigenvalue weighted by Crippen LogP contribution is -1.95. The van der Waals surface area contributed by atoms with Crippen LogP contribution < -0.4 is 5.73 Å². The van der Waals surface area contributed by atoms with Crippen molar-refractivity contribution in [1.29, 1.82) is 0 Å². The molecule has 16 heavy (non-hydrogen) atoms. The van der Waals surface area contributed by atoms with Crippen LogP contribution in [0, 0.1) is 0 Å². The van der Waals surface area contributed by atoms with Gasteiger partial charge in [-0.15, -0.1) is 11.3 Å². The van der Waals surface area contributed by atoms with Gasteiger partial charge in [-0.1, -0.05) is 44.2 Å². The van der Waals surface area contributed by atoms with E-state index in [1.165, 1.54) is 9.88 Å². The summed E-state index contributed by atoms with van der Waals surface area (Å²) in [5.74, 6) is 0.466. The van der Waals surface area contributed by atoms with Crippen molar-refractivity contribution in [3.05, 3.63) is 40.2 Å². The molecule has 2 rings (SSSR count). The van der Waals surface area contributed by atoms with Crippen molar-refractivity contribution >= 4 is 11.3 Å². The van der Waals surface area contributed by atoms with Crippen LogP contribution in [0.15, 0.2) is 30.3 Å². The quantitative estimate of drug-likeness (QED) is 0.881. The number of thiazole rings is 1. The minimum Gasteiger partial charge on any atom is -0.326 e. The van der Waals surface area contributed by atoms with E-state index < -0.39 is 0 Å². The van der Waals surface area contributed by atoms with Crippen molar-refractivity contribution in [2.45, 2.75) is 26.3 Å². The monoisotopic (exact) mass is 232 g/mol. The first kappa shape index (κ1) is 11.3. The number of aromatic nitrogens is 1. The molecule has 0 saturated carbocycles. The molecule has 0 atom stereocenters. The fraction of sp³-hybridized carbons (Fsp3) is 0.308. The van der Waals surface area contributed by atoms with Crippen LogP contribution in [0.25, 0.3) is 11.3 Å². The molecule has 0 amide bonds. The smallest absolute Gasteiger partial charge is 0.0961 e. The average Bonchev–Trinajstić information content (AvgIpc) is 2.74. The number of rotatable bonds is 3. The lowest BCUT2D eigenvalue weighted by atomic mass is 10.1. The average molecular weight is 232 g/mol. The van der Waals surface area contributed by atoms with Gasteiger partial charge in [-0.3, -0.25) is 0 Å². The number of nitrogens with zero attached hydrogens (tertiary/aromatic N) is 1. The Bertz CT molecular complexity index is 460. The van der Waals surface area contributed by atoms with E-state index in [4.69, 9.17) is 5.73 Å². The zero-order chi connectivity index (χ0) is 11.5. The highest BCUT2D eigenvalue weighted by Crippen LogP contribution is 2.31. The Morgan fingerprint density at radius 2 is 1.94 bits per heavy atom. The molecule has 0 aliphatic heterocycles. The van der Waals surface area contributed by atoms with Gasteiger partial charge in [0.05, 0.1) is 10.7 Å². The van der Waals surface area contributed by atoms with Crippen LogP contribution in [-0.4, -0.2) is 4.98 Å². The van der Waals surface area contributed by atoms with Crippen LogP contribution in [0.4, 0.5) is 0 Å². The van der Waals surface area contributed by atoms with Crippen molar-refractivity contribution in [2.24, 2.45) is 5.73 Å². The van der Waals surface area contributed by atoms with E-state index >= 15 is 0 Å². The van der Waals surface area contributed by atoms with Gasteiger partial charge in [-0.05, 0) is 0 Å². The number of hydrogen-bond acceptors (Lipinski definition) is 3. The standard InChI is InChI=1S/C13H16N2S/c1-9(2)13-15-12(11(8-14)16-13)10-6-4-3-5-7-10/h3-7,9H,8,14H2,1-2H3. The summed E-state index contributed by atoms with van der Waals surface area (Å²) in [6.45, 7) is 4.89. The molecule has 1 heterocycles. The van der Waals surface area contributed by atoms with Gasteiger partial charge >= 0.3 is 0 Å². The topological polar surface area (TPSA) is 38.9 Å². The summed E-state index contributed by atoms with van der Waals surface area (Å²) in [5.41, 5.74) is 7.98. The summed E-state index contributed by atoms with van der Waals surface area (Å²) in [6.07, 6.45) is 0. The number of hydrogen-bond donors (Lipinski definition) is 1. The highest BCUT2D eigenvalue weighted by molar-refractivity contribution is 7.12. The molecule has 0 radical (unpaired) electrons. The second kappa shape index (κ2) is 4.76. The van der Waals surface area contributed by atoms with Crippen molar-refractivity contribution in [3.8, 4) is 11.3 Å². The van der Waals surface area contributed by atoms with Gasteiger partial charge in [0.25, 0.3) is 0 Å². The molecule has 2 aromatic rings. The molecule has 2 N–H and O–H groups in total. The molecule has 0 saturated heterocycles. The van der Waals surface area contributed by atoms with Gasteiger partial charge in [0, 0.05) is 22.9 Å². The van der Waals surface area contributed by atoms with Gasteiger partial charge in [0.1, 0.15) is 0 Å². The highest BCUT2D eigenvalue weighted by Gasteiger charge is 2.13. The van der Waals surface area contributed by atoms with E-state index in [2.05, 4.69) is 31.0 Å². The minimum atomic E-state index is 0.466. The number of nitrogens with two attached hydrogens (primary N) is 1. The summed E-state index contributed by atoms with van der Waals surface area (Å²) in [4.78, 5) is 5.87. The first-order valence-corrected chi connectivity index (χ1v) is 6.29. The van der Waals surface area contributed by atoms with Crippen molar-refractivity contribution in [1.82, 2.24) is 4.98 Å². The summed E-state index contributed by atoms with van der Waals surface area (Å²) >= 11 is 1.73. The predicted molar refractivity (Wildman–Crippen MR) is 69.5 cm³/mol. The van der Waals surface area contributed by atoms with E-state index in [-0.39, 0.29) is 0 Å².